The first-order valence-electron chi connectivity index (χ1n) is 8.65. The smallest absolute Gasteiger partial charge is 0.262 e. The Balaban J connectivity index is 2.36. The van der Waals surface area contributed by atoms with Gasteiger partial charge in [0.15, 0.2) is 0 Å². The fraction of sp³-hybridized carbons (Fsp3) is 0.350. The number of amides is 1. The Bertz CT molecular complexity index is 921. The third-order valence-electron chi connectivity index (χ3n) is 4.36. The molecule has 0 spiro atoms. The second-order valence-corrected chi connectivity index (χ2v) is 8.34. The average molecular weight is 375 g/mol. The van der Waals surface area contributed by atoms with Gasteiger partial charge in [0.25, 0.3) is 15.9 Å². The minimum Gasteiger partial charge on any atom is -0.350 e. The molecule has 2 rings (SSSR count). The molecule has 2 aromatic carbocycles. The van der Waals surface area contributed by atoms with Crippen LogP contribution in [0.15, 0.2) is 41.3 Å². The summed E-state index contributed by atoms with van der Waals surface area (Å²) in [6.07, 6.45) is 0.803. The van der Waals surface area contributed by atoms with Crippen LogP contribution in [0.1, 0.15) is 47.3 Å². The second-order valence-electron chi connectivity index (χ2n) is 6.69. The van der Waals surface area contributed by atoms with Gasteiger partial charge in [-0.3, -0.25) is 9.52 Å². The van der Waals surface area contributed by atoms with Crippen LogP contribution in [0.5, 0.6) is 0 Å². The van der Waals surface area contributed by atoms with E-state index in [-0.39, 0.29) is 16.8 Å². The summed E-state index contributed by atoms with van der Waals surface area (Å²) in [6.45, 7) is 9.41. The maximum absolute atomic E-state index is 12.9. The van der Waals surface area contributed by atoms with Crippen LogP contribution in [0, 0.1) is 20.8 Å². The van der Waals surface area contributed by atoms with Gasteiger partial charge in [0.05, 0.1) is 10.6 Å². The van der Waals surface area contributed by atoms with Gasteiger partial charge in [0, 0.05) is 11.6 Å². The summed E-state index contributed by atoms with van der Waals surface area (Å²) >= 11 is 0. The van der Waals surface area contributed by atoms with E-state index in [4.69, 9.17) is 0 Å². The third kappa shape index (κ3) is 4.64. The van der Waals surface area contributed by atoms with E-state index in [9.17, 15) is 13.2 Å². The number of benzene rings is 2. The summed E-state index contributed by atoms with van der Waals surface area (Å²) in [5, 5.41) is 2.85. The Morgan fingerprint density at radius 3 is 2.35 bits per heavy atom. The molecule has 0 saturated heterocycles. The van der Waals surface area contributed by atoms with Gasteiger partial charge in [-0.25, -0.2) is 8.42 Å². The van der Waals surface area contributed by atoms with E-state index >= 15 is 0 Å². The van der Waals surface area contributed by atoms with Crippen molar-refractivity contribution in [3.05, 3.63) is 58.7 Å². The van der Waals surface area contributed by atoms with Gasteiger partial charge in [-0.15, -0.1) is 0 Å². The van der Waals surface area contributed by atoms with Crippen LogP contribution in [0.2, 0.25) is 0 Å². The van der Waals surface area contributed by atoms with Crippen molar-refractivity contribution in [2.24, 2.45) is 0 Å². The summed E-state index contributed by atoms with van der Waals surface area (Å²) in [4.78, 5) is 12.4. The molecule has 0 heterocycles. The van der Waals surface area contributed by atoms with E-state index in [2.05, 4.69) is 10.0 Å². The van der Waals surface area contributed by atoms with Gasteiger partial charge in [-0.05, 0) is 63.4 Å². The Hall–Kier alpha value is -2.34. The predicted molar refractivity (Wildman–Crippen MR) is 105 cm³/mol. The number of hydrogen-bond acceptors (Lipinski definition) is 3. The Labute approximate surface area is 155 Å². The fourth-order valence-electron chi connectivity index (χ4n) is 2.57. The van der Waals surface area contributed by atoms with Gasteiger partial charge in [0.1, 0.15) is 0 Å². The van der Waals surface area contributed by atoms with Crippen LogP contribution >= 0.6 is 0 Å². The molecule has 5 nitrogen and oxygen atoms in total. The Morgan fingerprint density at radius 1 is 1.04 bits per heavy atom. The van der Waals surface area contributed by atoms with E-state index in [0.717, 1.165) is 17.5 Å². The lowest BCUT2D eigenvalue weighted by Gasteiger charge is -2.15. The van der Waals surface area contributed by atoms with Crippen molar-refractivity contribution >= 4 is 21.6 Å². The van der Waals surface area contributed by atoms with Gasteiger partial charge >= 0.3 is 0 Å². The molecule has 0 saturated carbocycles. The summed E-state index contributed by atoms with van der Waals surface area (Å²) in [7, 11) is -3.80. The number of rotatable bonds is 6. The first-order chi connectivity index (χ1) is 12.1. The fourth-order valence-corrected chi connectivity index (χ4v) is 3.97. The number of anilines is 1. The molecule has 0 radical (unpaired) electrons. The zero-order valence-electron chi connectivity index (χ0n) is 15.9. The number of carbonyl (C=O) groups excluding carboxylic acids is 1. The SMILES string of the molecule is CCC(C)NC(=O)c1ccc(C)c(S(=O)(=O)Nc2ccc(C)cc2C)c1. The maximum atomic E-state index is 12.9. The van der Waals surface area contributed by atoms with E-state index in [0.29, 0.717) is 16.8 Å². The first-order valence-corrected chi connectivity index (χ1v) is 10.1. The lowest BCUT2D eigenvalue weighted by molar-refractivity contribution is 0.0939. The summed E-state index contributed by atoms with van der Waals surface area (Å²) in [5.41, 5.74) is 3.35. The summed E-state index contributed by atoms with van der Waals surface area (Å²) in [6, 6.07) is 10.3. The van der Waals surface area contributed by atoms with Crippen LogP contribution in [-0.2, 0) is 10.0 Å². The Kier molecular flexibility index (Phi) is 6.08. The minimum absolute atomic E-state index is 0.0252. The normalized spacial score (nSPS) is 12.5. The number of nitrogens with one attached hydrogen (secondary N) is 2. The van der Waals surface area contributed by atoms with E-state index in [1.807, 2.05) is 39.8 Å². The lowest BCUT2D eigenvalue weighted by atomic mass is 10.1. The van der Waals surface area contributed by atoms with E-state index in [1.54, 1.807) is 25.1 Å². The van der Waals surface area contributed by atoms with Gasteiger partial charge in [-0.2, -0.15) is 0 Å². The molecule has 140 valence electrons. The molecule has 1 unspecified atom stereocenters. The quantitative estimate of drug-likeness (QED) is 0.804. The molecule has 26 heavy (non-hydrogen) atoms. The monoisotopic (exact) mass is 374 g/mol. The molecule has 0 aliphatic rings. The molecule has 2 N–H and O–H groups in total. The molecule has 0 fully saturated rings. The highest BCUT2D eigenvalue weighted by atomic mass is 32.2. The van der Waals surface area contributed by atoms with Crippen LogP contribution in [-0.4, -0.2) is 20.4 Å². The number of hydrogen-bond donors (Lipinski definition) is 2. The van der Waals surface area contributed by atoms with Crippen LogP contribution in [0.4, 0.5) is 5.69 Å². The van der Waals surface area contributed by atoms with Crippen molar-refractivity contribution in [2.45, 2.75) is 52.0 Å². The minimum atomic E-state index is -3.80. The van der Waals surface area contributed by atoms with Crippen LogP contribution in [0.3, 0.4) is 0 Å². The molecule has 0 aliphatic heterocycles. The Morgan fingerprint density at radius 2 is 1.73 bits per heavy atom. The lowest BCUT2D eigenvalue weighted by Crippen LogP contribution is -2.32. The van der Waals surface area contributed by atoms with Crippen molar-refractivity contribution in [3.63, 3.8) is 0 Å². The largest absolute Gasteiger partial charge is 0.350 e. The number of aryl methyl sites for hydroxylation is 3. The first kappa shape index (κ1) is 20.0. The average Bonchev–Trinajstić information content (AvgIpc) is 2.57. The summed E-state index contributed by atoms with van der Waals surface area (Å²) < 4.78 is 28.4. The molecule has 0 aliphatic carbocycles. The van der Waals surface area contributed by atoms with Crippen molar-refractivity contribution in [2.75, 3.05) is 4.72 Å². The van der Waals surface area contributed by atoms with Crippen LogP contribution in [0.25, 0.3) is 0 Å². The molecular weight excluding hydrogens is 348 g/mol. The van der Waals surface area contributed by atoms with Gasteiger partial charge < -0.3 is 5.32 Å². The van der Waals surface area contributed by atoms with E-state index < -0.39 is 10.0 Å². The second kappa shape index (κ2) is 7.91. The predicted octanol–water partition coefficient (Wildman–Crippen LogP) is 3.94. The van der Waals surface area contributed by atoms with Crippen LogP contribution < -0.4 is 10.0 Å². The third-order valence-corrected chi connectivity index (χ3v) is 5.86. The number of carbonyl (C=O) groups is 1. The molecule has 0 bridgehead atoms. The number of sulfonamides is 1. The zero-order valence-corrected chi connectivity index (χ0v) is 16.7. The molecule has 0 aromatic heterocycles. The highest BCUT2D eigenvalue weighted by molar-refractivity contribution is 7.92. The van der Waals surface area contributed by atoms with Crippen molar-refractivity contribution in [1.29, 1.82) is 0 Å². The highest BCUT2D eigenvalue weighted by Crippen LogP contribution is 2.23. The van der Waals surface area contributed by atoms with Crippen molar-refractivity contribution in [1.82, 2.24) is 5.32 Å². The van der Waals surface area contributed by atoms with Gasteiger partial charge in [-0.1, -0.05) is 30.7 Å². The summed E-state index contributed by atoms with van der Waals surface area (Å²) in [5.74, 6) is -0.276. The zero-order chi connectivity index (χ0) is 19.5. The standard InChI is InChI=1S/C20H26N2O3S/c1-6-16(5)21-20(23)17-9-8-14(3)19(12-17)26(24,25)22-18-10-7-13(2)11-15(18)4/h7-12,16,22H,6H2,1-5H3,(H,21,23). The topological polar surface area (TPSA) is 75.3 Å². The van der Waals surface area contributed by atoms with Crippen molar-refractivity contribution in [3.8, 4) is 0 Å². The maximum Gasteiger partial charge on any atom is 0.262 e. The van der Waals surface area contributed by atoms with E-state index in [1.165, 1.54) is 6.07 Å². The molecule has 6 heteroatoms. The molecule has 1 amide bonds. The highest BCUT2D eigenvalue weighted by Gasteiger charge is 2.20. The van der Waals surface area contributed by atoms with Gasteiger partial charge in [0.2, 0.25) is 0 Å². The molecular formula is C20H26N2O3S. The molecule has 2 aromatic rings. The van der Waals surface area contributed by atoms with Crippen molar-refractivity contribution < 1.29 is 13.2 Å². The molecule has 1 atom stereocenters.